The van der Waals surface area contributed by atoms with Gasteiger partial charge in [-0.3, -0.25) is 9.59 Å². The van der Waals surface area contributed by atoms with Crippen LogP contribution in [0.4, 0.5) is 0 Å². The molecule has 2 fully saturated rings. The lowest BCUT2D eigenvalue weighted by atomic mass is 9.83. The van der Waals surface area contributed by atoms with E-state index in [9.17, 15) is 25.1 Å². The molecule has 2 amide bonds. The van der Waals surface area contributed by atoms with Gasteiger partial charge in [0.2, 0.25) is 5.91 Å². The number of fused-ring (bicyclic) bond motifs is 1. The topological polar surface area (TPSA) is 166 Å². The third-order valence-corrected chi connectivity index (χ3v) is 8.19. The molecule has 1 aromatic heterocycles. The normalized spacial score (nSPS) is 20.9. The molecule has 5 N–H and O–H groups in total. The third kappa shape index (κ3) is 10.0. The van der Waals surface area contributed by atoms with Gasteiger partial charge in [-0.1, -0.05) is 44.9 Å². The molecule has 4 rings (SSSR count). The summed E-state index contributed by atoms with van der Waals surface area (Å²) in [5, 5.41) is 44.1. The Morgan fingerprint density at radius 1 is 1.09 bits per heavy atom. The molecule has 3 atom stereocenters. The van der Waals surface area contributed by atoms with Crippen LogP contribution in [0.2, 0.25) is 0 Å². The molecule has 1 aliphatic carbocycles. The van der Waals surface area contributed by atoms with Gasteiger partial charge >= 0.3 is 0 Å². The van der Waals surface area contributed by atoms with Crippen molar-refractivity contribution in [3.63, 3.8) is 0 Å². The molecule has 0 unspecified atom stereocenters. The van der Waals surface area contributed by atoms with Crippen LogP contribution >= 0.6 is 0 Å². The van der Waals surface area contributed by atoms with E-state index in [1.165, 1.54) is 0 Å². The maximum Gasteiger partial charge on any atom is 0.268 e. The van der Waals surface area contributed by atoms with Gasteiger partial charge in [-0.2, -0.15) is 5.26 Å². The van der Waals surface area contributed by atoms with E-state index in [0.717, 1.165) is 23.7 Å². The summed E-state index contributed by atoms with van der Waals surface area (Å²) in [4.78, 5) is 26.4. The van der Waals surface area contributed by atoms with Gasteiger partial charge in [0.05, 0.1) is 31.8 Å². The van der Waals surface area contributed by atoms with Crippen molar-refractivity contribution in [3.8, 4) is 6.07 Å². The molecule has 11 heteroatoms. The Balaban J connectivity index is 0.000000448. The molecule has 11 nitrogen and oxygen atoms in total. The summed E-state index contributed by atoms with van der Waals surface area (Å²) in [6.07, 6.45) is 3.77. The van der Waals surface area contributed by atoms with E-state index >= 15 is 0 Å². The van der Waals surface area contributed by atoms with Crippen LogP contribution in [0.3, 0.4) is 0 Å². The zero-order chi connectivity index (χ0) is 32.3. The van der Waals surface area contributed by atoms with Crippen molar-refractivity contribution in [2.45, 2.75) is 84.2 Å². The minimum atomic E-state index is -0.540. The first-order valence-corrected chi connectivity index (χ1v) is 15.7. The van der Waals surface area contributed by atoms with Crippen molar-refractivity contribution in [3.05, 3.63) is 36.0 Å². The van der Waals surface area contributed by atoms with Crippen molar-refractivity contribution in [2.24, 2.45) is 23.7 Å². The summed E-state index contributed by atoms with van der Waals surface area (Å²) >= 11 is 0. The number of para-hydroxylation sites is 1. The van der Waals surface area contributed by atoms with Crippen LogP contribution in [0.5, 0.6) is 0 Å². The minimum Gasteiger partial charge on any atom is -0.396 e. The molecule has 2 aromatic rings. The summed E-state index contributed by atoms with van der Waals surface area (Å²) in [7, 11) is 0. The number of nitrogens with zero attached hydrogens (tertiary/aromatic N) is 2. The van der Waals surface area contributed by atoms with Gasteiger partial charge < -0.3 is 40.0 Å². The van der Waals surface area contributed by atoms with E-state index in [-0.39, 0.29) is 61.3 Å². The van der Waals surface area contributed by atoms with Crippen LogP contribution in [0.25, 0.3) is 10.9 Å². The average molecular weight is 615 g/mol. The highest BCUT2D eigenvalue weighted by Crippen LogP contribution is 2.27. The quantitative estimate of drug-likeness (QED) is 0.258. The van der Waals surface area contributed by atoms with E-state index in [4.69, 9.17) is 14.6 Å². The molecular weight excluding hydrogens is 564 g/mol. The number of amides is 2. The number of carbonyl (C=O) groups is 2. The van der Waals surface area contributed by atoms with E-state index in [2.05, 4.69) is 16.7 Å². The molecule has 0 radical (unpaired) electrons. The van der Waals surface area contributed by atoms with Gasteiger partial charge in [0.25, 0.3) is 5.91 Å². The van der Waals surface area contributed by atoms with Crippen molar-refractivity contribution in [2.75, 3.05) is 33.0 Å². The highest BCUT2D eigenvalue weighted by molar-refractivity contribution is 5.99. The molecule has 1 saturated carbocycles. The fourth-order valence-electron chi connectivity index (χ4n) is 5.61. The standard InChI is InChI=1S/C26H36N4O4.C7H14O3/c1-17(2)11-20(13-27)28-25(33)21-8-4-5-9-22(21)29-26(34)24-12-19-7-3-6-10-23(19)30(24)14-18(15-31)16-32;1-7(2)9-4-6(3-8)5-10-7/h3,6-7,10,12,17-18,20-22,31-32H,4-5,8-9,11,14-16H2,1-2H3,(H,28,33)(H,29,34);6,8H,3-5H2,1-2H3/t20-,21+,22-;/m0./s1. The number of hydrogen-bond acceptors (Lipinski definition) is 8. The number of hydrogen-bond donors (Lipinski definition) is 5. The fraction of sp³-hybridized carbons (Fsp3) is 0.667. The largest absolute Gasteiger partial charge is 0.396 e. The number of nitrogens with one attached hydrogen (secondary N) is 2. The van der Waals surface area contributed by atoms with E-state index < -0.39 is 11.8 Å². The van der Waals surface area contributed by atoms with E-state index in [0.29, 0.717) is 44.7 Å². The van der Waals surface area contributed by atoms with Crippen molar-refractivity contribution in [1.29, 1.82) is 5.26 Å². The van der Waals surface area contributed by atoms with Gasteiger partial charge in [-0.05, 0) is 51.2 Å². The van der Waals surface area contributed by atoms with Gasteiger partial charge in [0, 0.05) is 48.5 Å². The number of nitriles is 1. The van der Waals surface area contributed by atoms with E-state index in [1.54, 1.807) is 0 Å². The first-order chi connectivity index (χ1) is 21.0. The van der Waals surface area contributed by atoms with Crippen molar-refractivity contribution in [1.82, 2.24) is 15.2 Å². The van der Waals surface area contributed by atoms with Crippen LogP contribution in [0.15, 0.2) is 30.3 Å². The lowest BCUT2D eigenvalue weighted by Crippen LogP contribution is -2.50. The number of rotatable bonds is 11. The lowest BCUT2D eigenvalue weighted by Gasteiger charge is -2.34. The molecule has 244 valence electrons. The Morgan fingerprint density at radius 3 is 2.36 bits per heavy atom. The second kappa shape index (κ2) is 16.9. The zero-order valence-electron chi connectivity index (χ0n) is 26.5. The fourth-order valence-corrected chi connectivity index (χ4v) is 5.61. The SMILES string of the molecule is CC(C)C[C@@H](C#N)NC(=O)[C@@H]1CCCC[C@@H]1NC(=O)c1cc2ccccc2n1CC(CO)CO.CC1(C)OCC(CO)CO1. The third-order valence-electron chi connectivity index (χ3n) is 8.19. The first-order valence-electron chi connectivity index (χ1n) is 15.7. The number of aromatic nitrogens is 1. The second-order valence-corrected chi connectivity index (χ2v) is 12.8. The van der Waals surface area contributed by atoms with Crippen LogP contribution in [0, 0.1) is 35.0 Å². The average Bonchev–Trinajstić information content (AvgIpc) is 3.38. The summed E-state index contributed by atoms with van der Waals surface area (Å²) in [5.74, 6) is -1.25. The van der Waals surface area contributed by atoms with Crippen molar-refractivity contribution < 1.29 is 34.4 Å². The Bertz CT molecular complexity index is 1240. The molecule has 0 bridgehead atoms. The molecule has 44 heavy (non-hydrogen) atoms. The number of ether oxygens (including phenoxy) is 2. The Hall–Kier alpha value is -3.01. The van der Waals surface area contributed by atoms with Gasteiger partial charge in [0.15, 0.2) is 5.79 Å². The number of aliphatic hydroxyl groups excluding tert-OH is 3. The zero-order valence-corrected chi connectivity index (χ0v) is 26.5. The van der Waals surface area contributed by atoms with E-state index in [1.807, 2.05) is 62.6 Å². The second-order valence-electron chi connectivity index (χ2n) is 12.8. The highest BCUT2D eigenvalue weighted by atomic mass is 16.7. The molecule has 1 aromatic carbocycles. The lowest BCUT2D eigenvalue weighted by molar-refractivity contribution is -0.265. The Labute approximate surface area is 260 Å². The molecule has 1 saturated heterocycles. The van der Waals surface area contributed by atoms with Crippen LogP contribution in [-0.4, -0.2) is 82.6 Å². The number of benzene rings is 1. The number of aliphatic hydroxyl groups is 3. The van der Waals surface area contributed by atoms with Gasteiger partial charge in [-0.25, -0.2) is 0 Å². The Morgan fingerprint density at radius 2 is 1.75 bits per heavy atom. The Kier molecular flexibility index (Phi) is 13.6. The number of carbonyl (C=O) groups excluding carboxylic acids is 2. The monoisotopic (exact) mass is 614 g/mol. The predicted octanol–water partition coefficient (Wildman–Crippen LogP) is 2.96. The summed E-state index contributed by atoms with van der Waals surface area (Å²) in [5.41, 5.74) is 1.29. The smallest absolute Gasteiger partial charge is 0.268 e. The van der Waals surface area contributed by atoms with Crippen LogP contribution in [0.1, 0.15) is 70.3 Å². The maximum absolute atomic E-state index is 13.4. The molecule has 1 aliphatic heterocycles. The van der Waals surface area contributed by atoms with Crippen molar-refractivity contribution >= 4 is 22.7 Å². The van der Waals surface area contributed by atoms with Gasteiger partial charge in [-0.15, -0.1) is 0 Å². The summed E-state index contributed by atoms with van der Waals surface area (Å²) < 4.78 is 12.4. The molecular formula is C33H50N4O7. The molecule has 2 heterocycles. The first kappa shape index (κ1) is 35.5. The predicted molar refractivity (Wildman–Crippen MR) is 166 cm³/mol. The van der Waals surface area contributed by atoms with Gasteiger partial charge in [0.1, 0.15) is 11.7 Å². The molecule has 0 spiro atoms. The van der Waals surface area contributed by atoms with Crippen LogP contribution in [-0.2, 0) is 20.8 Å². The van der Waals surface area contributed by atoms with Crippen LogP contribution < -0.4 is 10.6 Å². The summed E-state index contributed by atoms with van der Waals surface area (Å²) in [6, 6.07) is 10.7. The maximum atomic E-state index is 13.4. The minimum absolute atomic E-state index is 0.149. The summed E-state index contributed by atoms with van der Waals surface area (Å²) in [6.45, 7) is 9.05. The molecule has 2 aliphatic rings. The highest BCUT2D eigenvalue weighted by Gasteiger charge is 2.34.